The molecule has 1 aliphatic rings. The lowest BCUT2D eigenvalue weighted by Gasteiger charge is -2.24. The summed E-state index contributed by atoms with van der Waals surface area (Å²) < 4.78 is 33.2. The van der Waals surface area contributed by atoms with Gasteiger partial charge in [-0.05, 0) is 19.3 Å². The fraction of sp³-hybridized carbons (Fsp3) is 0.474. The standard InChI is InChI=1S/C19H22F2N2O3/c20-19(21,15-6-2-1-3-7-15)17(24)10-8-16-9-11-18(25)23(16)12-4-5-13-26-14-22/h1-3,6-8,10,16-17,24H,4-5,9,11-13H2/t16-,17?/m0/s1. The Balaban J connectivity index is 1.94. The van der Waals surface area contributed by atoms with E-state index in [2.05, 4.69) is 4.74 Å². The van der Waals surface area contributed by atoms with Gasteiger partial charge in [-0.25, -0.2) is 0 Å². The number of nitriles is 1. The molecule has 1 aromatic carbocycles. The van der Waals surface area contributed by atoms with E-state index in [0.29, 0.717) is 38.8 Å². The Hall–Kier alpha value is -2.46. The van der Waals surface area contributed by atoms with Crippen molar-refractivity contribution in [1.82, 2.24) is 4.90 Å². The smallest absolute Gasteiger partial charge is 0.302 e. The average Bonchev–Trinajstić information content (AvgIpc) is 3.00. The van der Waals surface area contributed by atoms with E-state index in [9.17, 15) is 18.7 Å². The number of carbonyl (C=O) groups is 1. The zero-order valence-electron chi connectivity index (χ0n) is 14.4. The number of halogens is 2. The molecule has 0 radical (unpaired) electrons. The van der Waals surface area contributed by atoms with Gasteiger partial charge in [-0.1, -0.05) is 42.5 Å². The number of aliphatic hydroxyl groups is 1. The van der Waals surface area contributed by atoms with Crippen molar-refractivity contribution in [3.8, 4) is 6.26 Å². The Morgan fingerprint density at radius 1 is 1.38 bits per heavy atom. The van der Waals surface area contributed by atoms with E-state index in [4.69, 9.17) is 5.26 Å². The minimum Gasteiger partial charge on any atom is -0.428 e. The van der Waals surface area contributed by atoms with E-state index in [1.165, 1.54) is 30.3 Å². The quantitative estimate of drug-likeness (QED) is 0.415. The summed E-state index contributed by atoms with van der Waals surface area (Å²) in [5.41, 5.74) is -0.256. The molecule has 1 heterocycles. The van der Waals surface area contributed by atoms with Crippen molar-refractivity contribution in [2.24, 2.45) is 0 Å². The molecule has 0 aliphatic carbocycles. The molecule has 1 aliphatic heterocycles. The van der Waals surface area contributed by atoms with E-state index in [1.807, 2.05) is 0 Å². The molecule has 1 N–H and O–H groups in total. The first-order chi connectivity index (χ1) is 12.5. The van der Waals surface area contributed by atoms with Gasteiger partial charge in [0, 0.05) is 18.5 Å². The fourth-order valence-electron chi connectivity index (χ4n) is 2.93. The van der Waals surface area contributed by atoms with Crippen LogP contribution < -0.4 is 0 Å². The molecule has 0 spiro atoms. The summed E-state index contributed by atoms with van der Waals surface area (Å²) >= 11 is 0. The van der Waals surface area contributed by atoms with Crippen molar-refractivity contribution in [2.75, 3.05) is 13.2 Å². The Morgan fingerprint density at radius 2 is 2.12 bits per heavy atom. The van der Waals surface area contributed by atoms with Gasteiger partial charge in [0.05, 0.1) is 6.04 Å². The first-order valence-corrected chi connectivity index (χ1v) is 8.57. The zero-order valence-corrected chi connectivity index (χ0v) is 14.4. The number of hydrogen-bond acceptors (Lipinski definition) is 4. The lowest BCUT2D eigenvalue weighted by molar-refractivity contribution is -0.128. The molecule has 0 aromatic heterocycles. The molecule has 2 atom stereocenters. The van der Waals surface area contributed by atoms with Gasteiger partial charge in [-0.2, -0.15) is 14.0 Å². The van der Waals surface area contributed by atoms with E-state index in [1.54, 1.807) is 17.2 Å². The molecule has 0 saturated carbocycles. The Bertz CT molecular complexity index is 658. The zero-order chi connectivity index (χ0) is 19.0. The second-order valence-electron chi connectivity index (χ2n) is 6.16. The number of unbranched alkanes of at least 4 members (excludes halogenated alkanes) is 1. The highest BCUT2D eigenvalue weighted by molar-refractivity contribution is 5.79. The van der Waals surface area contributed by atoms with Crippen LogP contribution >= 0.6 is 0 Å². The summed E-state index contributed by atoms with van der Waals surface area (Å²) in [7, 11) is 0. The lowest BCUT2D eigenvalue weighted by atomic mass is 10.0. The average molecular weight is 364 g/mol. The fourth-order valence-corrected chi connectivity index (χ4v) is 2.93. The first kappa shape index (κ1) is 19.9. The Labute approximate surface area is 151 Å². The van der Waals surface area contributed by atoms with E-state index in [0.717, 1.165) is 6.08 Å². The third kappa shape index (κ3) is 5.02. The summed E-state index contributed by atoms with van der Waals surface area (Å²) in [6, 6.07) is 6.85. The minimum atomic E-state index is -3.40. The molecule has 1 saturated heterocycles. The van der Waals surface area contributed by atoms with Gasteiger partial charge in [0.25, 0.3) is 6.26 Å². The van der Waals surface area contributed by atoms with E-state index >= 15 is 0 Å². The number of alkyl halides is 2. The molecular weight excluding hydrogens is 342 g/mol. The van der Waals surface area contributed by atoms with Gasteiger partial charge >= 0.3 is 5.92 Å². The maximum Gasteiger partial charge on any atom is 0.302 e. The van der Waals surface area contributed by atoms with Crippen molar-refractivity contribution in [3.05, 3.63) is 48.0 Å². The lowest BCUT2D eigenvalue weighted by Crippen LogP contribution is -2.34. The predicted molar refractivity (Wildman–Crippen MR) is 91.0 cm³/mol. The number of hydrogen-bond donors (Lipinski definition) is 1. The summed E-state index contributed by atoms with van der Waals surface area (Å²) in [6.45, 7) is 0.759. The molecule has 140 valence electrons. The van der Waals surface area contributed by atoms with Gasteiger partial charge in [-0.3, -0.25) is 4.79 Å². The summed E-state index contributed by atoms with van der Waals surface area (Å²) in [5.74, 6) is -3.44. The van der Waals surface area contributed by atoms with Crippen LogP contribution in [0.1, 0.15) is 31.2 Å². The van der Waals surface area contributed by atoms with E-state index in [-0.39, 0.29) is 17.5 Å². The topological polar surface area (TPSA) is 73.6 Å². The highest BCUT2D eigenvalue weighted by Gasteiger charge is 2.39. The van der Waals surface area contributed by atoms with Crippen LogP contribution in [0.2, 0.25) is 0 Å². The highest BCUT2D eigenvalue weighted by atomic mass is 19.3. The Morgan fingerprint density at radius 3 is 2.81 bits per heavy atom. The molecule has 7 heteroatoms. The van der Waals surface area contributed by atoms with Gasteiger partial charge < -0.3 is 14.7 Å². The Kier molecular flexibility index (Phi) is 7.10. The molecule has 1 amide bonds. The molecule has 0 bridgehead atoms. The summed E-state index contributed by atoms with van der Waals surface area (Å²) in [6.07, 6.45) is 4.35. The van der Waals surface area contributed by atoms with Crippen molar-refractivity contribution in [3.63, 3.8) is 0 Å². The molecule has 2 rings (SSSR count). The van der Waals surface area contributed by atoms with E-state index < -0.39 is 12.0 Å². The molecule has 26 heavy (non-hydrogen) atoms. The summed E-state index contributed by atoms with van der Waals surface area (Å²) in [4.78, 5) is 13.6. The number of likely N-dealkylation sites (tertiary alicyclic amines) is 1. The van der Waals surface area contributed by atoms with Gasteiger partial charge in [0.2, 0.25) is 5.91 Å². The van der Waals surface area contributed by atoms with Crippen LogP contribution in [0.4, 0.5) is 8.78 Å². The monoisotopic (exact) mass is 364 g/mol. The molecular formula is C19H22F2N2O3. The molecule has 5 nitrogen and oxygen atoms in total. The second-order valence-corrected chi connectivity index (χ2v) is 6.16. The van der Waals surface area contributed by atoms with Crippen LogP contribution in [0.15, 0.2) is 42.5 Å². The second kappa shape index (κ2) is 9.30. The van der Waals surface area contributed by atoms with Crippen molar-refractivity contribution in [2.45, 2.75) is 43.8 Å². The van der Waals surface area contributed by atoms with Gasteiger partial charge in [-0.15, -0.1) is 0 Å². The summed E-state index contributed by atoms with van der Waals surface area (Å²) in [5, 5.41) is 18.2. The van der Waals surface area contributed by atoms with Crippen LogP contribution in [0.3, 0.4) is 0 Å². The predicted octanol–water partition coefficient (Wildman–Crippen LogP) is 2.96. The van der Waals surface area contributed by atoms with Crippen LogP contribution in [-0.4, -0.2) is 41.2 Å². The van der Waals surface area contributed by atoms with Gasteiger partial charge in [0.15, 0.2) is 0 Å². The van der Waals surface area contributed by atoms with Crippen LogP contribution in [0, 0.1) is 11.5 Å². The maximum absolute atomic E-state index is 14.3. The molecule has 1 unspecified atom stereocenters. The van der Waals surface area contributed by atoms with Crippen molar-refractivity contribution in [1.29, 1.82) is 5.26 Å². The maximum atomic E-state index is 14.3. The number of amides is 1. The number of rotatable bonds is 9. The number of ether oxygens (including phenoxy) is 1. The van der Waals surface area contributed by atoms with Crippen LogP contribution in [0.5, 0.6) is 0 Å². The number of aliphatic hydroxyl groups excluding tert-OH is 1. The molecule has 1 aromatic rings. The van der Waals surface area contributed by atoms with Crippen LogP contribution in [0.25, 0.3) is 0 Å². The number of benzene rings is 1. The van der Waals surface area contributed by atoms with Crippen molar-refractivity contribution >= 4 is 5.91 Å². The minimum absolute atomic E-state index is 0.0369. The third-order valence-electron chi connectivity index (χ3n) is 4.38. The largest absolute Gasteiger partial charge is 0.428 e. The highest BCUT2D eigenvalue weighted by Crippen LogP contribution is 2.32. The first-order valence-electron chi connectivity index (χ1n) is 8.57. The van der Waals surface area contributed by atoms with Crippen LogP contribution in [-0.2, 0) is 15.5 Å². The third-order valence-corrected chi connectivity index (χ3v) is 4.38. The normalized spacial score (nSPS) is 18.9. The SMILES string of the molecule is N#COCCCCN1C(=O)CC[C@@H]1C=CC(O)C(F)(F)c1ccccc1. The van der Waals surface area contributed by atoms with Gasteiger partial charge in [0.1, 0.15) is 12.7 Å². The number of nitrogens with zero attached hydrogens (tertiary/aromatic N) is 2. The number of carbonyl (C=O) groups excluding carboxylic acids is 1. The van der Waals surface area contributed by atoms with Crippen molar-refractivity contribution < 1.29 is 23.4 Å². The molecule has 1 fully saturated rings.